The van der Waals surface area contributed by atoms with Gasteiger partial charge in [-0.2, -0.15) is 0 Å². The third kappa shape index (κ3) is 4.48. The Hall–Kier alpha value is -3.44. The molecule has 5 heteroatoms. The molecule has 0 bridgehead atoms. The maximum absolute atomic E-state index is 13.8. The SMILES string of the molecule is Cc1ccccc1[C@H]1c2ccsc2CCN1C(=O)CN(C(=O)c1ccc2ccccc2c1)C(C)C. The Morgan fingerprint density at radius 2 is 1.71 bits per heavy atom. The van der Waals surface area contributed by atoms with Crippen molar-refractivity contribution in [3.63, 3.8) is 0 Å². The lowest BCUT2D eigenvalue weighted by Gasteiger charge is -2.38. The van der Waals surface area contributed by atoms with E-state index in [9.17, 15) is 9.59 Å². The molecule has 5 rings (SSSR count). The number of hydrogen-bond acceptors (Lipinski definition) is 3. The standard InChI is InChI=1S/C30H30N2O2S/c1-20(2)32(30(34)24-13-12-22-9-5-6-10-23(22)18-24)19-28(33)31-16-14-27-26(15-17-35-27)29(31)25-11-7-4-8-21(25)3/h4-13,15,17-18,20,29H,14,16,19H2,1-3H3/t29-/m0/s1. The van der Waals surface area contributed by atoms with E-state index in [0.717, 1.165) is 22.8 Å². The molecule has 0 unspecified atom stereocenters. The Balaban J connectivity index is 1.44. The van der Waals surface area contributed by atoms with Crippen molar-refractivity contribution in [1.82, 2.24) is 9.80 Å². The number of nitrogens with zero attached hydrogens (tertiary/aromatic N) is 2. The Bertz CT molecular complexity index is 1390. The van der Waals surface area contributed by atoms with E-state index in [1.165, 1.54) is 16.0 Å². The number of hydrogen-bond donors (Lipinski definition) is 0. The van der Waals surface area contributed by atoms with Gasteiger partial charge in [0.2, 0.25) is 5.91 Å². The molecule has 0 saturated heterocycles. The zero-order valence-electron chi connectivity index (χ0n) is 20.4. The van der Waals surface area contributed by atoms with E-state index < -0.39 is 0 Å². The number of carbonyl (C=O) groups excluding carboxylic acids is 2. The van der Waals surface area contributed by atoms with Gasteiger partial charge in [0.15, 0.2) is 0 Å². The predicted octanol–water partition coefficient (Wildman–Crippen LogP) is 6.23. The summed E-state index contributed by atoms with van der Waals surface area (Å²) in [5.74, 6) is -0.127. The molecule has 178 valence electrons. The molecular weight excluding hydrogens is 452 g/mol. The highest BCUT2D eigenvalue weighted by atomic mass is 32.1. The summed E-state index contributed by atoms with van der Waals surface area (Å²) in [6.07, 6.45) is 0.849. The van der Waals surface area contributed by atoms with Crippen LogP contribution in [0, 0.1) is 6.92 Å². The summed E-state index contributed by atoms with van der Waals surface area (Å²) in [6, 6.07) is 24.0. The molecule has 4 aromatic rings. The van der Waals surface area contributed by atoms with Gasteiger partial charge in [0.1, 0.15) is 6.54 Å². The molecule has 1 aromatic heterocycles. The summed E-state index contributed by atoms with van der Waals surface area (Å²) in [6.45, 7) is 6.76. The fourth-order valence-corrected chi connectivity index (χ4v) is 5.93. The van der Waals surface area contributed by atoms with Crippen molar-refractivity contribution in [1.29, 1.82) is 0 Å². The lowest BCUT2D eigenvalue weighted by molar-refractivity contribution is -0.134. The molecule has 0 saturated carbocycles. The van der Waals surface area contributed by atoms with Gasteiger partial charge in [-0.1, -0.05) is 54.6 Å². The first-order valence-corrected chi connectivity index (χ1v) is 13.0. The fourth-order valence-electron chi connectivity index (χ4n) is 5.03. The normalized spacial score (nSPS) is 15.3. The number of thiophene rings is 1. The van der Waals surface area contributed by atoms with Gasteiger partial charge in [0.05, 0.1) is 6.04 Å². The van der Waals surface area contributed by atoms with Crippen LogP contribution in [0.15, 0.2) is 78.2 Å². The summed E-state index contributed by atoms with van der Waals surface area (Å²) in [5, 5.41) is 4.24. The predicted molar refractivity (Wildman–Crippen MR) is 143 cm³/mol. The van der Waals surface area contributed by atoms with E-state index in [2.05, 4.69) is 30.5 Å². The zero-order valence-corrected chi connectivity index (χ0v) is 21.2. The third-order valence-electron chi connectivity index (χ3n) is 6.96. The van der Waals surface area contributed by atoms with Crippen molar-refractivity contribution in [2.75, 3.05) is 13.1 Å². The van der Waals surface area contributed by atoms with Crippen LogP contribution < -0.4 is 0 Å². The minimum atomic E-state index is -0.122. The van der Waals surface area contributed by atoms with Crippen LogP contribution in [0.5, 0.6) is 0 Å². The van der Waals surface area contributed by atoms with E-state index in [1.54, 1.807) is 16.2 Å². The fraction of sp³-hybridized carbons (Fsp3) is 0.267. The molecular formula is C30H30N2O2S. The van der Waals surface area contributed by atoms with Crippen LogP contribution in [0.2, 0.25) is 0 Å². The molecule has 2 heterocycles. The third-order valence-corrected chi connectivity index (χ3v) is 7.95. The quantitative estimate of drug-likeness (QED) is 0.338. The second kappa shape index (κ2) is 9.67. The molecule has 35 heavy (non-hydrogen) atoms. The number of amides is 2. The highest BCUT2D eigenvalue weighted by molar-refractivity contribution is 7.10. The van der Waals surface area contributed by atoms with Gasteiger partial charge in [-0.3, -0.25) is 9.59 Å². The van der Waals surface area contributed by atoms with Crippen LogP contribution in [0.1, 0.15) is 51.8 Å². The number of rotatable bonds is 5. The average molecular weight is 483 g/mol. The minimum Gasteiger partial charge on any atom is -0.330 e. The Morgan fingerprint density at radius 1 is 0.971 bits per heavy atom. The second-order valence-corrected chi connectivity index (χ2v) is 10.5. The largest absolute Gasteiger partial charge is 0.330 e. The van der Waals surface area contributed by atoms with Crippen molar-refractivity contribution in [3.8, 4) is 0 Å². The van der Waals surface area contributed by atoms with Crippen LogP contribution >= 0.6 is 11.3 Å². The summed E-state index contributed by atoms with van der Waals surface area (Å²) in [7, 11) is 0. The first-order chi connectivity index (χ1) is 16.9. The van der Waals surface area contributed by atoms with Gasteiger partial charge in [0.25, 0.3) is 5.91 Å². The first-order valence-electron chi connectivity index (χ1n) is 12.1. The van der Waals surface area contributed by atoms with Gasteiger partial charge in [-0.05, 0) is 78.2 Å². The van der Waals surface area contributed by atoms with Crippen molar-refractivity contribution in [3.05, 3.63) is 105 Å². The lowest BCUT2D eigenvalue weighted by atomic mass is 9.90. The van der Waals surface area contributed by atoms with E-state index in [0.29, 0.717) is 12.1 Å². The first kappa shape index (κ1) is 23.3. The highest BCUT2D eigenvalue weighted by Crippen LogP contribution is 2.39. The van der Waals surface area contributed by atoms with Crippen molar-refractivity contribution in [2.24, 2.45) is 0 Å². The van der Waals surface area contributed by atoms with E-state index >= 15 is 0 Å². The number of carbonyl (C=O) groups is 2. The highest BCUT2D eigenvalue weighted by Gasteiger charge is 2.35. The number of aryl methyl sites for hydroxylation is 1. The summed E-state index contributed by atoms with van der Waals surface area (Å²) in [4.78, 5) is 32.4. The summed E-state index contributed by atoms with van der Waals surface area (Å²) >= 11 is 1.76. The van der Waals surface area contributed by atoms with Gasteiger partial charge < -0.3 is 9.80 Å². The molecule has 4 nitrogen and oxygen atoms in total. The van der Waals surface area contributed by atoms with Crippen molar-refractivity contribution < 1.29 is 9.59 Å². The van der Waals surface area contributed by atoms with Crippen LogP contribution in [0.25, 0.3) is 10.8 Å². The van der Waals surface area contributed by atoms with Crippen LogP contribution in [-0.2, 0) is 11.2 Å². The molecule has 2 amide bonds. The maximum Gasteiger partial charge on any atom is 0.254 e. The molecule has 1 aliphatic heterocycles. The van der Waals surface area contributed by atoms with E-state index in [4.69, 9.17) is 0 Å². The van der Waals surface area contributed by atoms with E-state index in [1.807, 2.05) is 73.3 Å². The molecule has 1 aliphatic rings. The van der Waals surface area contributed by atoms with Gasteiger partial charge >= 0.3 is 0 Å². The van der Waals surface area contributed by atoms with Crippen LogP contribution in [-0.4, -0.2) is 40.7 Å². The van der Waals surface area contributed by atoms with Crippen molar-refractivity contribution in [2.45, 2.75) is 39.3 Å². The second-order valence-electron chi connectivity index (χ2n) is 9.48. The van der Waals surface area contributed by atoms with E-state index in [-0.39, 0.29) is 30.4 Å². The molecule has 1 atom stereocenters. The lowest BCUT2D eigenvalue weighted by Crippen LogP contribution is -2.48. The molecule has 3 aromatic carbocycles. The molecule has 0 aliphatic carbocycles. The zero-order chi connectivity index (χ0) is 24.5. The van der Waals surface area contributed by atoms with Crippen molar-refractivity contribution >= 4 is 33.9 Å². The average Bonchev–Trinajstić information content (AvgIpc) is 3.35. The smallest absolute Gasteiger partial charge is 0.254 e. The van der Waals surface area contributed by atoms with Gasteiger partial charge in [-0.25, -0.2) is 0 Å². The molecule has 0 N–H and O–H groups in total. The number of fused-ring (bicyclic) bond motifs is 2. The van der Waals surface area contributed by atoms with Crippen LogP contribution in [0.4, 0.5) is 0 Å². The molecule has 0 spiro atoms. The maximum atomic E-state index is 13.8. The monoisotopic (exact) mass is 482 g/mol. The Labute approximate surface area is 210 Å². The molecule has 0 radical (unpaired) electrons. The number of benzene rings is 3. The van der Waals surface area contributed by atoms with Gasteiger partial charge in [-0.15, -0.1) is 11.3 Å². The van der Waals surface area contributed by atoms with Gasteiger partial charge in [0, 0.05) is 23.0 Å². The molecule has 0 fully saturated rings. The minimum absolute atomic E-state index is 0.0158. The summed E-state index contributed by atoms with van der Waals surface area (Å²) in [5.41, 5.74) is 4.14. The summed E-state index contributed by atoms with van der Waals surface area (Å²) < 4.78 is 0. The Morgan fingerprint density at radius 3 is 2.49 bits per heavy atom. The Kier molecular flexibility index (Phi) is 6.44. The topological polar surface area (TPSA) is 40.6 Å². The van der Waals surface area contributed by atoms with Crippen LogP contribution in [0.3, 0.4) is 0 Å².